The Labute approximate surface area is 137 Å². The lowest BCUT2D eigenvalue weighted by Gasteiger charge is -2.16. The van der Waals surface area contributed by atoms with Crippen LogP contribution in [-0.4, -0.2) is 17.1 Å². The third kappa shape index (κ3) is 3.51. The van der Waals surface area contributed by atoms with Crippen molar-refractivity contribution in [3.05, 3.63) is 45.6 Å². The van der Waals surface area contributed by atoms with E-state index in [0.717, 1.165) is 27.0 Å². The number of nitrogens with two attached hydrogens (primary N) is 1. The van der Waals surface area contributed by atoms with Gasteiger partial charge in [0.1, 0.15) is 16.6 Å². The van der Waals surface area contributed by atoms with Crippen LogP contribution in [0, 0.1) is 13.8 Å². The molecule has 0 fully saturated rings. The molecule has 0 radical (unpaired) electrons. The van der Waals surface area contributed by atoms with Gasteiger partial charge in [-0.1, -0.05) is 28.1 Å². The smallest absolute Gasteiger partial charge is 0.142 e. The molecule has 1 aromatic heterocycles. The summed E-state index contributed by atoms with van der Waals surface area (Å²) < 4.78 is 6.30. The Hall–Kier alpha value is -1.66. The van der Waals surface area contributed by atoms with E-state index in [4.69, 9.17) is 22.7 Å². The summed E-state index contributed by atoms with van der Waals surface area (Å²) in [7, 11) is 1.62. The zero-order valence-corrected chi connectivity index (χ0v) is 14.4. The summed E-state index contributed by atoms with van der Waals surface area (Å²) in [6.45, 7) is 3.90. The van der Waals surface area contributed by atoms with E-state index < -0.39 is 0 Å². The molecule has 6 heteroatoms. The van der Waals surface area contributed by atoms with Crippen molar-refractivity contribution in [2.24, 2.45) is 5.73 Å². The first-order valence-electron chi connectivity index (χ1n) is 6.31. The molecule has 0 saturated carbocycles. The van der Waals surface area contributed by atoms with E-state index in [-0.39, 0.29) is 0 Å². The predicted molar refractivity (Wildman–Crippen MR) is 93.6 cm³/mol. The summed E-state index contributed by atoms with van der Waals surface area (Å²) in [4.78, 5) is 4.82. The molecule has 0 bridgehead atoms. The number of nitrogens with zero attached hydrogens (tertiary/aromatic N) is 1. The lowest BCUT2D eigenvalue weighted by molar-refractivity contribution is 0.416. The standard InChI is InChI=1S/C15H16BrN3OS/c1-8-6-9(2)18-15(13(8)14(17)21)19-11-7-10(16)4-5-12(11)20-3/h4-7H,1-3H3,(H2,17,21)(H,18,19). The number of thiocarbonyl (C=S) groups is 1. The molecule has 0 amide bonds. The van der Waals surface area contributed by atoms with Gasteiger partial charge in [0.25, 0.3) is 0 Å². The van der Waals surface area contributed by atoms with Crippen LogP contribution < -0.4 is 15.8 Å². The number of ether oxygens (including phenoxy) is 1. The number of aryl methyl sites for hydroxylation is 2. The molecular formula is C15H16BrN3OS. The number of halogens is 1. The van der Waals surface area contributed by atoms with Gasteiger partial charge >= 0.3 is 0 Å². The molecule has 0 spiro atoms. The lowest BCUT2D eigenvalue weighted by atomic mass is 10.1. The molecule has 0 saturated heterocycles. The van der Waals surface area contributed by atoms with E-state index in [9.17, 15) is 0 Å². The van der Waals surface area contributed by atoms with Gasteiger partial charge in [-0.05, 0) is 43.7 Å². The maximum atomic E-state index is 5.83. The number of rotatable bonds is 4. The van der Waals surface area contributed by atoms with Gasteiger partial charge in [-0.2, -0.15) is 0 Å². The van der Waals surface area contributed by atoms with E-state index in [0.29, 0.717) is 16.6 Å². The van der Waals surface area contributed by atoms with E-state index in [1.54, 1.807) is 7.11 Å². The van der Waals surface area contributed by atoms with Crippen LogP contribution in [0.25, 0.3) is 0 Å². The molecule has 110 valence electrons. The zero-order chi connectivity index (χ0) is 15.6. The van der Waals surface area contributed by atoms with Crippen molar-refractivity contribution >= 4 is 44.6 Å². The molecule has 2 aromatic rings. The Morgan fingerprint density at radius 1 is 1.33 bits per heavy atom. The lowest BCUT2D eigenvalue weighted by Crippen LogP contribution is -2.15. The predicted octanol–water partition coefficient (Wildman–Crippen LogP) is 3.85. The first-order chi connectivity index (χ1) is 9.92. The Kier molecular flexibility index (Phi) is 4.80. The second-order valence-electron chi connectivity index (χ2n) is 4.64. The Morgan fingerprint density at radius 3 is 2.67 bits per heavy atom. The van der Waals surface area contributed by atoms with Crippen molar-refractivity contribution in [2.75, 3.05) is 12.4 Å². The number of benzene rings is 1. The van der Waals surface area contributed by atoms with Crippen LogP contribution in [0.3, 0.4) is 0 Å². The Bertz CT molecular complexity index is 704. The minimum atomic E-state index is 0.316. The van der Waals surface area contributed by atoms with Crippen LogP contribution in [0.4, 0.5) is 11.5 Å². The molecule has 0 unspecified atom stereocenters. The van der Waals surface area contributed by atoms with E-state index in [1.165, 1.54) is 0 Å². The average Bonchev–Trinajstić information content (AvgIpc) is 2.37. The van der Waals surface area contributed by atoms with Gasteiger partial charge in [0.05, 0.1) is 18.4 Å². The summed E-state index contributed by atoms with van der Waals surface area (Å²) in [5.41, 5.74) is 9.26. The summed E-state index contributed by atoms with van der Waals surface area (Å²) in [6.07, 6.45) is 0. The van der Waals surface area contributed by atoms with Crippen LogP contribution >= 0.6 is 28.1 Å². The molecule has 3 N–H and O–H groups in total. The fourth-order valence-corrected chi connectivity index (χ4v) is 2.76. The van der Waals surface area contributed by atoms with Crippen molar-refractivity contribution in [1.82, 2.24) is 4.98 Å². The van der Waals surface area contributed by atoms with Crippen LogP contribution in [-0.2, 0) is 0 Å². The van der Waals surface area contributed by atoms with Gasteiger partial charge in [-0.15, -0.1) is 0 Å². The summed E-state index contributed by atoms with van der Waals surface area (Å²) in [5, 5.41) is 3.26. The highest BCUT2D eigenvalue weighted by Crippen LogP contribution is 2.32. The minimum absolute atomic E-state index is 0.316. The maximum absolute atomic E-state index is 5.83. The fraction of sp³-hybridized carbons (Fsp3) is 0.200. The Morgan fingerprint density at radius 2 is 2.05 bits per heavy atom. The van der Waals surface area contributed by atoms with Crippen molar-refractivity contribution in [3.8, 4) is 5.75 Å². The Balaban J connectivity index is 2.53. The normalized spacial score (nSPS) is 10.3. The first kappa shape index (κ1) is 15.7. The van der Waals surface area contributed by atoms with Crippen molar-refractivity contribution < 1.29 is 4.74 Å². The van der Waals surface area contributed by atoms with E-state index in [1.807, 2.05) is 38.1 Å². The van der Waals surface area contributed by atoms with Gasteiger partial charge in [-0.25, -0.2) is 4.98 Å². The molecule has 0 aliphatic rings. The van der Waals surface area contributed by atoms with Crippen molar-refractivity contribution in [2.45, 2.75) is 13.8 Å². The summed E-state index contributed by atoms with van der Waals surface area (Å²) in [6, 6.07) is 7.66. The highest BCUT2D eigenvalue weighted by atomic mass is 79.9. The zero-order valence-electron chi connectivity index (χ0n) is 12.0. The van der Waals surface area contributed by atoms with Gasteiger partial charge in [-0.3, -0.25) is 0 Å². The van der Waals surface area contributed by atoms with Crippen molar-refractivity contribution in [1.29, 1.82) is 0 Å². The maximum Gasteiger partial charge on any atom is 0.142 e. The van der Waals surface area contributed by atoms with E-state index in [2.05, 4.69) is 26.2 Å². The number of hydrogen-bond donors (Lipinski definition) is 2. The van der Waals surface area contributed by atoms with Gasteiger partial charge in [0, 0.05) is 10.2 Å². The second kappa shape index (κ2) is 6.41. The monoisotopic (exact) mass is 365 g/mol. The topological polar surface area (TPSA) is 60.2 Å². The largest absolute Gasteiger partial charge is 0.495 e. The molecule has 0 atom stereocenters. The molecule has 2 rings (SSSR count). The molecule has 1 aromatic carbocycles. The molecule has 0 aliphatic heterocycles. The number of methoxy groups -OCH3 is 1. The highest BCUT2D eigenvalue weighted by Gasteiger charge is 2.13. The third-order valence-corrected chi connectivity index (χ3v) is 3.70. The minimum Gasteiger partial charge on any atom is -0.495 e. The number of pyridine rings is 1. The second-order valence-corrected chi connectivity index (χ2v) is 5.99. The molecular weight excluding hydrogens is 350 g/mol. The molecule has 1 heterocycles. The SMILES string of the molecule is COc1ccc(Br)cc1Nc1nc(C)cc(C)c1C(N)=S. The first-order valence-corrected chi connectivity index (χ1v) is 7.51. The fourth-order valence-electron chi connectivity index (χ4n) is 2.14. The number of hydrogen-bond acceptors (Lipinski definition) is 4. The van der Waals surface area contributed by atoms with Crippen molar-refractivity contribution in [3.63, 3.8) is 0 Å². The summed E-state index contributed by atoms with van der Waals surface area (Å²) >= 11 is 8.59. The molecule has 4 nitrogen and oxygen atoms in total. The van der Waals surface area contributed by atoms with Crippen LogP contribution in [0.15, 0.2) is 28.7 Å². The average molecular weight is 366 g/mol. The quantitative estimate of drug-likeness (QED) is 0.805. The number of anilines is 2. The van der Waals surface area contributed by atoms with Gasteiger partial charge < -0.3 is 15.8 Å². The molecule has 0 aliphatic carbocycles. The molecule has 21 heavy (non-hydrogen) atoms. The summed E-state index contributed by atoms with van der Waals surface area (Å²) in [5.74, 6) is 1.35. The van der Waals surface area contributed by atoms with Crippen LogP contribution in [0.1, 0.15) is 16.8 Å². The van der Waals surface area contributed by atoms with Gasteiger partial charge in [0.15, 0.2) is 0 Å². The third-order valence-electron chi connectivity index (χ3n) is 3.01. The number of aromatic nitrogens is 1. The number of nitrogens with one attached hydrogen (secondary N) is 1. The highest BCUT2D eigenvalue weighted by molar-refractivity contribution is 9.10. The van der Waals surface area contributed by atoms with Crippen LogP contribution in [0.2, 0.25) is 0 Å². The van der Waals surface area contributed by atoms with E-state index >= 15 is 0 Å². The van der Waals surface area contributed by atoms with Gasteiger partial charge in [0.2, 0.25) is 0 Å². The van der Waals surface area contributed by atoms with Crippen LogP contribution in [0.5, 0.6) is 5.75 Å².